The van der Waals surface area contributed by atoms with E-state index in [0.29, 0.717) is 28.8 Å². The first-order valence-electron chi connectivity index (χ1n) is 6.88. The van der Waals surface area contributed by atoms with Crippen LogP contribution in [-0.4, -0.2) is 54.1 Å². The molecule has 1 saturated heterocycles. The normalized spacial score (nSPS) is 18.4. The average molecular weight is 346 g/mol. The molecular formula is C14H17Cl2N3O3. The van der Waals surface area contributed by atoms with Crippen LogP contribution in [-0.2, 0) is 9.59 Å². The van der Waals surface area contributed by atoms with E-state index in [-0.39, 0.29) is 31.4 Å². The van der Waals surface area contributed by atoms with Gasteiger partial charge in [-0.3, -0.25) is 9.59 Å². The first kappa shape index (κ1) is 17.0. The summed E-state index contributed by atoms with van der Waals surface area (Å²) in [6, 6.07) is 4.14. The number of nitrogens with one attached hydrogen (secondary N) is 2. The van der Waals surface area contributed by atoms with Gasteiger partial charge in [0.25, 0.3) is 0 Å². The van der Waals surface area contributed by atoms with Crippen molar-refractivity contribution in [3.05, 3.63) is 28.2 Å². The molecule has 1 aromatic carbocycles. The fourth-order valence-electron chi connectivity index (χ4n) is 2.32. The van der Waals surface area contributed by atoms with Gasteiger partial charge in [-0.25, -0.2) is 0 Å². The van der Waals surface area contributed by atoms with Gasteiger partial charge in [-0.15, -0.1) is 0 Å². The SMILES string of the molecule is O=C(CC1NCCN(CCO)C1=O)Nc1cc(Cl)cc(Cl)c1. The number of carbonyl (C=O) groups is 2. The lowest BCUT2D eigenvalue weighted by Crippen LogP contribution is -2.56. The highest BCUT2D eigenvalue weighted by atomic mass is 35.5. The first-order valence-corrected chi connectivity index (χ1v) is 7.64. The highest BCUT2D eigenvalue weighted by molar-refractivity contribution is 6.35. The Morgan fingerprint density at radius 1 is 1.36 bits per heavy atom. The van der Waals surface area contributed by atoms with Crippen LogP contribution >= 0.6 is 23.2 Å². The van der Waals surface area contributed by atoms with Gasteiger partial charge < -0.3 is 20.6 Å². The van der Waals surface area contributed by atoms with E-state index in [9.17, 15) is 9.59 Å². The zero-order valence-electron chi connectivity index (χ0n) is 11.8. The summed E-state index contributed by atoms with van der Waals surface area (Å²) in [4.78, 5) is 25.7. The molecule has 0 radical (unpaired) electrons. The van der Waals surface area contributed by atoms with E-state index in [2.05, 4.69) is 10.6 Å². The van der Waals surface area contributed by atoms with Gasteiger partial charge in [0.2, 0.25) is 11.8 Å². The predicted octanol–water partition coefficient (Wildman–Crippen LogP) is 1.11. The zero-order chi connectivity index (χ0) is 16.1. The smallest absolute Gasteiger partial charge is 0.240 e. The molecule has 0 saturated carbocycles. The van der Waals surface area contributed by atoms with Crippen LogP contribution in [0.4, 0.5) is 5.69 Å². The molecule has 1 heterocycles. The minimum absolute atomic E-state index is 0.00486. The molecule has 0 aromatic heterocycles. The molecule has 1 aliphatic rings. The predicted molar refractivity (Wildman–Crippen MR) is 85.2 cm³/mol. The Kier molecular flexibility index (Phi) is 6.02. The number of rotatable bonds is 5. The molecule has 22 heavy (non-hydrogen) atoms. The van der Waals surface area contributed by atoms with E-state index < -0.39 is 6.04 Å². The summed E-state index contributed by atoms with van der Waals surface area (Å²) in [5.41, 5.74) is 0.484. The van der Waals surface area contributed by atoms with E-state index in [4.69, 9.17) is 28.3 Å². The van der Waals surface area contributed by atoms with Gasteiger partial charge in [-0.05, 0) is 18.2 Å². The number of aliphatic hydroxyl groups excluding tert-OH is 1. The zero-order valence-corrected chi connectivity index (χ0v) is 13.3. The Hall–Kier alpha value is -1.34. The lowest BCUT2D eigenvalue weighted by molar-refractivity contribution is -0.138. The van der Waals surface area contributed by atoms with Crippen molar-refractivity contribution in [1.82, 2.24) is 10.2 Å². The highest BCUT2D eigenvalue weighted by Crippen LogP contribution is 2.22. The Bertz CT molecular complexity index is 546. The van der Waals surface area contributed by atoms with Crippen LogP contribution in [0.25, 0.3) is 0 Å². The van der Waals surface area contributed by atoms with Crippen molar-refractivity contribution in [3.8, 4) is 0 Å². The molecule has 1 fully saturated rings. The second-order valence-electron chi connectivity index (χ2n) is 4.97. The van der Waals surface area contributed by atoms with E-state index in [1.54, 1.807) is 23.1 Å². The molecule has 2 amide bonds. The number of halogens is 2. The van der Waals surface area contributed by atoms with E-state index in [0.717, 1.165) is 0 Å². The standard InChI is InChI=1S/C14H17Cl2N3O3/c15-9-5-10(16)7-11(6-9)18-13(21)8-12-14(22)19(3-4-20)2-1-17-12/h5-7,12,17,20H,1-4,8H2,(H,18,21). The number of hydrogen-bond acceptors (Lipinski definition) is 4. The molecule has 1 atom stereocenters. The molecular weight excluding hydrogens is 329 g/mol. The second-order valence-corrected chi connectivity index (χ2v) is 5.84. The van der Waals surface area contributed by atoms with Crippen LogP contribution in [0.5, 0.6) is 0 Å². The molecule has 1 aromatic rings. The van der Waals surface area contributed by atoms with Gasteiger partial charge in [0.05, 0.1) is 19.1 Å². The van der Waals surface area contributed by atoms with E-state index >= 15 is 0 Å². The Balaban J connectivity index is 1.95. The fraction of sp³-hybridized carbons (Fsp3) is 0.429. The molecule has 2 rings (SSSR count). The molecule has 0 spiro atoms. The maximum Gasteiger partial charge on any atom is 0.240 e. The molecule has 0 bridgehead atoms. The quantitative estimate of drug-likeness (QED) is 0.746. The van der Waals surface area contributed by atoms with Crippen molar-refractivity contribution < 1.29 is 14.7 Å². The summed E-state index contributed by atoms with van der Waals surface area (Å²) >= 11 is 11.7. The minimum Gasteiger partial charge on any atom is -0.395 e. The van der Waals surface area contributed by atoms with Gasteiger partial charge >= 0.3 is 0 Å². The number of carbonyl (C=O) groups excluding carboxylic acids is 2. The number of β-amino-alcohol motifs (C(OH)–C–C–N with tert-alkyl or cyclic N) is 1. The van der Waals surface area contributed by atoms with Crippen LogP contribution in [0.15, 0.2) is 18.2 Å². The largest absolute Gasteiger partial charge is 0.395 e. The van der Waals surface area contributed by atoms with Crippen LogP contribution in [0.3, 0.4) is 0 Å². The van der Waals surface area contributed by atoms with Crippen molar-refractivity contribution in [2.24, 2.45) is 0 Å². The van der Waals surface area contributed by atoms with E-state index in [1.165, 1.54) is 0 Å². The lowest BCUT2D eigenvalue weighted by Gasteiger charge is -2.32. The first-order chi connectivity index (χ1) is 10.5. The number of aliphatic hydroxyl groups is 1. The van der Waals surface area contributed by atoms with Crippen LogP contribution in [0.1, 0.15) is 6.42 Å². The molecule has 1 unspecified atom stereocenters. The molecule has 6 nitrogen and oxygen atoms in total. The molecule has 0 aliphatic carbocycles. The van der Waals surface area contributed by atoms with Crippen molar-refractivity contribution in [1.29, 1.82) is 0 Å². The number of anilines is 1. The third-order valence-electron chi connectivity index (χ3n) is 3.29. The Labute approximate surface area is 138 Å². The van der Waals surface area contributed by atoms with Gasteiger partial charge in [-0.2, -0.15) is 0 Å². The average Bonchev–Trinajstić information content (AvgIpc) is 2.42. The Morgan fingerprint density at radius 3 is 2.68 bits per heavy atom. The van der Waals surface area contributed by atoms with Crippen LogP contribution < -0.4 is 10.6 Å². The lowest BCUT2D eigenvalue weighted by atomic mass is 10.1. The van der Waals surface area contributed by atoms with Crippen molar-refractivity contribution >= 4 is 40.7 Å². The topological polar surface area (TPSA) is 81.7 Å². The summed E-state index contributed by atoms with van der Waals surface area (Å²) in [5.74, 6) is -0.491. The summed E-state index contributed by atoms with van der Waals surface area (Å²) in [6.45, 7) is 1.31. The van der Waals surface area contributed by atoms with Gasteiger partial charge in [0.15, 0.2) is 0 Å². The fourth-order valence-corrected chi connectivity index (χ4v) is 2.84. The molecule has 8 heteroatoms. The number of piperazine rings is 1. The van der Waals surface area contributed by atoms with Gasteiger partial charge in [0.1, 0.15) is 0 Å². The van der Waals surface area contributed by atoms with Crippen molar-refractivity contribution in [3.63, 3.8) is 0 Å². The van der Waals surface area contributed by atoms with Crippen molar-refractivity contribution in [2.75, 3.05) is 31.6 Å². The summed E-state index contributed by atoms with van der Waals surface area (Å²) in [6.07, 6.45) is 0.00486. The Morgan fingerprint density at radius 2 is 2.05 bits per heavy atom. The second kappa shape index (κ2) is 7.78. The van der Waals surface area contributed by atoms with Gasteiger partial charge in [0, 0.05) is 35.4 Å². The molecule has 1 aliphatic heterocycles. The highest BCUT2D eigenvalue weighted by Gasteiger charge is 2.29. The van der Waals surface area contributed by atoms with E-state index in [1.807, 2.05) is 0 Å². The number of amides is 2. The van der Waals surface area contributed by atoms with Crippen LogP contribution in [0.2, 0.25) is 10.0 Å². The van der Waals surface area contributed by atoms with Crippen LogP contribution in [0, 0.1) is 0 Å². The number of benzene rings is 1. The molecule has 120 valence electrons. The van der Waals surface area contributed by atoms with Crippen molar-refractivity contribution in [2.45, 2.75) is 12.5 Å². The number of hydrogen-bond donors (Lipinski definition) is 3. The summed E-state index contributed by atoms with van der Waals surface area (Å²) < 4.78 is 0. The summed E-state index contributed by atoms with van der Waals surface area (Å²) in [7, 11) is 0. The minimum atomic E-state index is -0.588. The third-order valence-corrected chi connectivity index (χ3v) is 3.72. The molecule has 3 N–H and O–H groups in total. The maximum atomic E-state index is 12.1. The number of nitrogens with zero attached hydrogens (tertiary/aromatic N) is 1. The summed E-state index contributed by atoms with van der Waals surface area (Å²) in [5, 5.41) is 15.5. The third kappa shape index (κ3) is 4.58. The monoisotopic (exact) mass is 345 g/mol. The maximum absolute atomic E-state index is 12.1. The van der Waals surface area contributed by atoms with Gasteiger partial charge in [-0.1, -0.05) is 23.2 Å².